The maximum absolute atomic E-state index is 12.7. The number of non-ortho nitro benzene ring substituents is 1. The smallest absolute Gasteiger partial charge is 0.341 e. The lowest BCUT2D eigenvalue weighted by molar-refractivity contribution is -0.384. The summed E-state index contributed by atoms with van der Waals surface area (Å²) in [6.45, 7) is 2.49. The monoisotopic (exact) mass is 457 g/mol. The molecule has 0 radical (unpaired) electrons. The first-order chi connectivity index (χ1) is 14.1. The molecule has 0 spiro atoms. The molecule has 0 saturated carbocycles. The molecule has 10 nitrogen and oxygen atoms in total. The molecule has 1 atom stereocenters. The van der Waals surface area contributed by atoms with Crippen LogP contribution in [-0.4, -0.2) is 29.9 Å². The Hall–Kier alpha value is -3.11. The molecule has 2 rings (SSSR count). The maximum atomic E-state index is 12.7. The van der Waals surface area contributed by atoms with Crippen LogP contribution in [0, 0.1) is 16.0 Å². The Balaban J connectivity index is 2.47. The van der Waals surface area contributed by atoms with Crippen molar-refractivity contribution < 1.29 is 28.8 Å². The number of aldehydes is 1. The van der Waals surface area contributed by atoms with E-state index in [1.165, 1.54) is 6.07 Å². The topological polar surface area (TPSA) is 151 Å². The lowest BCUT2D eigenvalue weighted by Crippen LogP contribution is -2.34. The Morgan fingerprint density at radius 1 is 1.33 bits per heavy atom. The molecule has 0 aliphatic carbocycles. The fourth-order valence-corrected chi connectivity index (χ4v) is 3.10. The number of esters is 2. The zero-order valence-corrected chi connectivity index (χ0v) is 17.3. The summed E-state index contributed by atoms with van der Waals surface area (Å²) in [6, 6.07) is 3.51. The molecule has 1 heterocycles. The van der Waals surface area contributed by atoms with Crippen molar-refractivity contribution in [3.8, 4) is 0 Å². The fraction of sp³-hybridized carbons (Fsp3) is 0.278. The lowest BCUT2D eigenvalue weighted by Gasteiger charge is -2.28. The van der Waals surface area contributed by atoms with Gasteiger partial charge in [0.15, 0.2) is 0 Å². The summed E-state index contributed by atoms with van der Waals surface area (Å²) in [5.74, 6) is -3.58. The molecule has 1 aromatic carbocycles. The highest BCUT2D eigenvalue weighted by Gasteiger charge is 2.37. The van der Waals surface area contributed by atoms with Gasteiger partial charge in [-0.05, 0) is 11.6 Å². The predicted octanol–water partition coefficient (Wildman–Crippen LogP) is 2.45. The average Bonchev–Trinajstić information content (AvgIpc) is 2.67. The van der Waals surface area contributed by atoms with Gasteiger partial charge in [-0.2, -0.15) is 0 Å². The lowest BCUT2D eigenvalue weighted by atomic mass is 9.83. The predicted molar refractivity (Wildman–Crippen MR) is 106 cm³/mol. The highest BCUT2D eigenvalue weighted by atomic mass is 35.5. The van der Waals surface area contributed by atoms with Crippen LogP contribution < -0.4 is 11.1 Å². The Labute approximate surface area is 180 Å². The first kappa shape index (κ1) is 23.2. The van der Waals surface area contributed by atoms with Crippen molar-refractivity contribution in [1.82, 2.24) is 5.32 Å². The number of hydrogen-bond donors (Lipinski definition) is 2. The van der Waals surface area contributed by atoms with E-state index in [1.54, 1.807) is 13.8 Å². The van der Waals surface area contributed by atoms with E-state index in [0.29, 0.717) is 6.29 Å². The van der Waals surface area contributed by atoms with Crippen molar-refractivity contribution in [1.29, 1.82) is 0 Å². The fourth-order valence-electron chi connectivity index (χ4n) is 2.62. The van der Waals surface area contributed by atoms with Gasteiger partial charge in [-0.15, -0.1) is 0 Å². The molecule has 160 valence electrons. The Morgan fingerprint density at radius 2 is 2.00 bits per heavy atom. The summed E-state index contributed by atoms with van der Waals surface area (Å²) in [5, 5.41) is 13.5. The van der Waals surface area contributed by atoms with Crippen LogP contribution in [0.15, 0.2) is 40.3 Å². The van der Waals surface area contributed by atoms with Gasteiger partial charge in [0.2, 0.25) is 6.79 Å². The van der Waals surface area contributed by atoms with Gasteiger partial charge >= 0.3 is 11.9 Å². The first-order valence-electron chi connectivity index (χ1n) is 8.47. The normalized spacial score (nSPS) is 16.2. The van der Waals surface area contributed by atoms with Crippen molar-refractivity contribution in [3.05, 3.63) is 61.0 Å². The SMILES string of the molecule is CC(C)C(=O)OCOC(=O)C1=C(N)NC(Cl)=C(C=O)[C@H]1c1cc([N+](=O)[O-])ccc1Cl. The molecule has 3 N–H and O–H groups in total. The number of allylic oxidation sites excluding steroid dienone is 1. The third kappa shape index (κ3) is 4.89. The average molecular weight is 458 g/mol. The number of nitrogens with zero attached hydrogens (tertiary/aromatic N) is 1. The minimum atomic E-state index is -1.25. The van der Waals surface area contributed by atoms with Crippen LogP contribution in [0.5, 0.6) is 0 Å². The first-order valence-corrected chi connectivity index (χ1v) is 9.23. The molecule has 0 unspecified atom stereocenters. The number of nitrogens with two attached hydrogens (primary N) is 1. The van der Waals surface area contributed by atoms with Gasteiger partial charge in [-0.3, -0.25) is 19.7 Å². The molecule has 0 fully saturated rings. The molecule has 1 aliphatic heterocycles. The van der Waals surface area contributed by atoms with E-state index in [1.807, 2.05) is 0 Å². The minimum Gasteiger partial charge on any atom is -0.428 e. The maximum Gasteiger partial charge on any atom is 0.341 e. The standard InChI is InChI=1S/C18H17Cl2N3O7/c1-8(2)17(25)29-7-30-18(26)14-13(11(6-24)15(20)22-16(14)21)10-5-9(23(27)28)3-4-12(10)19/h3-6,8,13,22H,7,21H2,1-2H3/t13-/m1/s1. The van der Waals surface area contributed by atoms with Gasteiger partial charge in [-0.1, -0.05) is 37.0 Å². The minimum absolute atomic E-state index is 0.0284. The summed E-state index contributed by atoms with van der Waals surface area (Å²) >= 11 is 12.2. The molecular formula is C18H17Cl2N3O7. The van der Waals surface area contributed by atoms with E-state index in [2.05, 4.69) is 5.32 Å². The van der Waals surface area contributed by atoms with E-state index < -0.39 is 35.5 Å². The van der Waals surface area contributed by atoms with E-state index in [-0.39, 0.29) is 38.4 Å². The van der Waals surface area contributed by atoms with Gasteiger partial charge in [0.1, 0.15) is 17.3 Å². The molecule has 1 aromatic rings. The van der Waals surface area contributed by atoms with Crippen LogP contribution in [0.4, 0.5) is 5.69 Å². The second kappa shape index (κ2) is 9.59. The van der Waals surface area contributed by atoms with Crippen LogP contribution in [0.2, 0.25) is 5.02 Å². The van der Waals surface area contributed by atoms with E-state index in [4.69, 9.17) is 38.4 Å². The second-order valence-corrected chi connectivity index (χ2v) is 7.19. The number of carbonyl (C=O) groups is 3. The highest BCUT2D eigenvalue weighted by Crippen LogP contribution is 2.41. The number of dihydropyridines is 1. The summed E-state index contributed by atoms with van der Waals surface area (Å²) in [4.78, 5) is 46.4. The van der Waals surface area contributed by atoms with Gasteiger partial charge < -0.3 is 20.5 Å². The summed E-state index contributed by atoms with van der Waals surface area (Å²) in [5.41, 5.74) is 5.19. The number of nitrogens with one attached hydrogen (secondary N) is 1. The third-order valence-electron chi connectivity index (χ3n) is 4.10. The van der Waals surface area contributed by atoms with Crippen molar-refractivity contribution in [3.63, 3.8) is 0 Å². The molecule has 0 saturated heterocycles. The number of benzene rings is 1. The van der Waals surface area contributed by atoms with Crippen molar-refractivity contribution >= 4 is 47.1 Å². The number of hydrogen-bond acceptors (Lipinski definition) is 9. The number of rotatable bonds is 7. The third-order valence-corrected chi connectivity index (χ3v) is 4.76. The van der Waals surface area contributed by atoms with Crippen molar-refractivity contribution in [2.75, 3.05) is 6.79 Å². The van der Waals surface area contributed by atoms with Crippen LogP contribution >= 0.6 is 23.2 Å². The molecule has 0 bridgehead atoms. The van der Waals surface area contributed by atoms with E-state index in [0.717, 1.165) is 12.1 Å². The number of ether oxygens (including phenoxy) is 2. The quantitative estimate of drug-likeness (QED) is 0.157. The zero-order chi connectivity index (χ0) is 22.6. The summed E-state index contributed by atoms with van der Waals surface area (Å²) in [6.07, 6.45) is 0.369. The van der Waals surface area contributed by atoms with E-state index >= 15 is 0 Å². The van der Waals surface area contributed by atoms with Gasteiger partial charge in [0.25, 0.3) is 5.69 Å². The summed E-state index contributed by atoms with van der Waals surface area (Å²) < 4.78 is 9.75. The van der Waals surface area contributed by atoms with Crippen molar-refractivity contribution in [2.24, 2.45) is 11.7 Å². The van der Waals surface area contributed by atoms with Crippen molar-refractivity contribution in [2.45, 2.75) is 19.8 Å². The van der Waals surface area contributed by atoms with Gasteiger partial charge in [0, 0.05) is 22.7 Å². The Kier molecular flexibility index (Phi) is 7.41. The molecule has 1 aliphatic rings. The van der Waals surface area contributed by atoms with E-state index in [9.17, 15) is 24.5 Å². The zero-order valence-electron chi connectivity index (χ0n) is 15.8. The number of carbonyl (C=O) groups excluding carboxylic acids is 3. The van der Waals surface area contributed by atoms with Crippen LogP contribution in [-0.2, 0) is 23.9 Å². The second-order valence-electron chi connectivity index (χ2n) is 6.40. The Morgan fingerprint density at radius 3 is 2.57 bits per heavy atom. The largest absolute Gasteiger partial charge is 0.428 e. The Bertz CT molecular complexity index is 973. The number of nitro groups is 1. The molecule has 0 amide bonds. The highest BCUT2D eigenvalue weighted by molar-refractivity contribution is 6.32. The molecule has 30 heavy (non-hydrogen) atoms. The van der Waals surface area contributed by atoms with Gasteiger partial charge in [0.05, 0.1) is 22.3 Å². The number of halogens is 2. The van der Waals surface area contributed by atoms with Crippen LogP contribution in [0.1, 0.15) is 25.3 Å². The molecule has 12 heteroatoms. The summed E-state index contributed by atoms with van der Waals surface area (Å²) in [7, 11) is 0. The number of nitro benzene ring substituents is 1. The molecule has 0 aromatic heterocycles. The van der Waals surface area contributed by atoms with Crippen LogP contribution in [0.25, 0.3) is 0 Å². The molecular weight excluding hydrogens is 441 g/mol. The van der Waals surface area contributed by atoms with Gasteiger partial charge in [-0.25, -0.2) is 4.79 Å². The van der Waals surface area contributed by atoms with Crippen LogP contribution in [0.3, 0.4) is 0 Å².